The molecule has 1 N–H and O–H groups in total. The van der Waals surface area contributed by atoms with Crippen LogP contribution in [0.25, 0.3) is 10.9 Å². The van der Waals surface area contributed by atoms with Crippen LogP contribution in [0.3, 0.4) is 0 Å². The number of fused-ring (bicyclic) bond motifs is 1. The topological polar surface area (TPSA) is 57.9 Å². The molecule has 2 aromatic rings. The maximum Gasteiger partial charge on any atom is 0.270 e. The van der Waals surface area contributed by atoms with Crippen molar-refractivity contribution in [1.29, 1.82) is 0 Å². The molecule has 32 heavy (non-hydrogen) atoms. The Morgan fingerprint density at radius 2 is 1.84 bits per heavy atom. The number of alkyl halides is 2. The van der Waals surface area contributed by atoms with E-state index in [1.807, 2.05) is 18.2 Å². The number of likely N-dealkylation sites (tertiary alicyclic amines) is 2. The fraction of sp³-hybridized carbons (Fsp3) is 0.625. The number of hydrogen-bond donors (Lipinski definition) is 1. The fourth-order valence-electron chi connectivity index (χ4n) is 4.74. The summed E-state index contributed by atoms with van der Waals surface area (Å²) in [5.74, 6) is -2.21. The van der Waals surface area contributed by atoms with Crippen LogP contribution in [-0.4, -0.2) is 76.2 Å². The Kier molecular flexibility index (Phi) is 6.72. The lowest BCUT2D eigenvalue weighted by Gasteiger charge is -2.34. The van der Waals surface area contributed by atoms with Crippen molar-refractivity contribution in [2.24, 2.45) is 0 Å². The van der Waals surface area contributed by atoms with Crippen molar-refractivity contribution >= 4 is 16.8 Å². The summed E-state index contributed by atoms with van der Waals surface area (Å²) in [6.07, 6.45) is 1.49. The molecule has 1 amide bonds. The highest BCUT2D eigenvalue weighted by atomic mass is 19.3. The number of halogens is 2. The molecule has 6 nitrogen and oxygen atoms in total. The molecule has 8 heteroatoms. The van der Waals surface area contributed by atoms with Crippen LogP contribution in [0.2, 0.25) is 0 Å². The van der Waals surface area contributed by atoms with Crippen LogP contribution in [0, 0.1) is 0 Å². The first kappa shape index (κ1) is 23.0. The van der Waals surface area contributed by atoms with E-state index < -0.39 is 5.92 Å². The van der Waals surface area contributed by atoms with Crippen molar-refractivity contribution < 1.29 is 23.4 Å². The molecular formula is C24H33F2N3O3. The minimum Gasteiger partial charge on any atom is -0.490 e. The Labute approximate surface area is 187 Å². The van der Waals surface area contributed by atoms with Gasteiger partial charge in [0.1, 0.15) is 17.5 Å². The number of piperidine rings is 2. The number of aliphatic hydroxyl groups excluding tert-OH is 1. The third kappa shape index (κ3) is 4.91. The van der Waals surface area contributed by atoms with E-state index in [2.05, 4.69) is 18.7 Å². The third-order valence-electron chi connectivity index (χ3n) is 6.71. The SMILES string of the molecule is CC(C)N1CCC(Oc2ccc3c(c2)cc(C(=O)N2CCC(F)(F)CC2)n3CCO)CC1. The Morgan fingerprint density at radius 1 is 1.16 bits per heavy atom. The molecule has 0 atom stereocenters. The quantitative estimate of drug-likeness (QED) is 0.730. The molecule has 4 rings (SSSR count). The van der Waals surface area contributed by atoms with E-state index in [0.29, 0.717) is 11.7 Å². The van der Waals surface area contributed by atoms with Crippen molar-refractivity contribution in [1.82, 2.24) is 14.4 Å². The Balaban J connectivity index is 1.52. The van der Waals surface area contributed by atoms with Crippen LogP contribution in [0.5, 0.6) is 5.75 Å². The maximum atomic E-state index is 13.5. The van der Waals surface area contributed by atoms with Gasteiger partial charge >= 0.3 is 0 Å². The zero-order chi connectivity index (χ0) is 22.9. The fourth-order valence-corrected chi connectivity index (χ4v) is 4.74. The normalized spacial score (nSPS) is 20.2. The largest absolute Gasteiger partial charge is 0.490 e. The Morgan fingerprint density at radius 3 is 2.47 bits per heavy atom. The van der Waals surface area contributed by atoms with E-state index in [9.17, 15) is 18.7 Å². The van der Waals surface area contributed by atoms with E-state index in [1.165, 1.54) is 4.90 Å². The predicted octanol–water partition coefficient (Wildman–Crippen LogP) is 3.76. The highest BCUT2D eigenvalue weighted by Gasteiger charge is 2.36. The summed E-state index contributed by atoms with van der Waals surface area (Å²) in [4.78, 5) is 17.0. The summed E-state index contributed by atoms with van der Waals surface area (Å²) >= 11 is 0. The van der Waals surface area contributed by atoms with Gasteiger partial charge in [0, 0.05) is 62.5 Å². The number of ether oxygens (including phenoxy) is 1. The number of amides is 1. The zero-order valence-electron chi connectivity index (χ0n) is 18.9. The van der Waals surface area contributed by atoms with E-state index in [4.69, 9.17) is 4.74 Å². The molecule has 2 aliphatic rings. The van der Waals surface area contributed by atoms with Crippen LogP contribution >= 0.6 is 0 Å². The van der Waals surface area contributed by atoms with Crippen molar-refractivity contribution in [3.63, 3.8) is 0 Å². The van der Waals surface area contributed by atoms with Gasteiger partial charge in [-0.05, 0) is 51.0 Å². The first-order valence-corrected chi connectivity index (χ1v) is 11.6. The second-order valence-electron chi connectivity index (χ2n) is 9.22. The van der Waals surface area contributed by atoms with Gasteiger partial charge in [0.2, 0.25) is 0 Å². The van der Waals surface area contributed by atoms with E-state index in [0.717, 1.165) is 42.6 Å². The number of aromatic nitrogens is 1. The maximum absolute atomic E-state index is 13.5. The van der Waals surface area contributed by atoms with Crippen molar-refractivity contribution in [2.45, 2.75) is 64.1 Å². The van der Waals surface area contributed by atoms with E-state index in [-0.39, 0.29) is 51.1 Å². The number of benzene rings is 1. The zero-order valence-corrected chi connectivity index (χ0v) is 18.9. The first-order valence-electron chi connectivity index (χ1n) is 11.6. The lowest BCUT2D eigenvalue weighted by molar-refractivity contribution is -0.0495. The number of hydrogen-bond acceptors (Lipinski definition) is 4. The number of aliphatic hydroxyl groups is 1. The lowest BCUT2D eigenvalue weighted by atomic mass is 10.1. The monoisotopic (exact) mass is 449 g/mol. The highest BCUT2D eigenvalue weighted by molar-refractivity contribution is 5.99. The van der Waals surface area contributed by atoms with Gasteiger partial charge in [-0.25, -0.2) is 8.78 Å². The minimum absolute atomic E-state index is 0.0376. The molecule has 2 fully saturated rings. The summed E-state index contributed by atoms with van der Waals surface area (Å²) in [5.41, 5.74) is 1.24. The molecule has 2 saturated heterocycles. The molecule has 2 aliphatic heterocycles. The molecule has 0 aliphatic carbocycles. The summed E-state index contributed by atoms with van der Waals surface area (Å²) in [7, 11) is 0. The van der Waals surface area contributed by atoms with Crippen LogP contribution in [0.4, 0.5) is 8.78 Å². The van der Waals surface area contributed by atoms with E-state index in [1.54, 1.807) is 10.6 Å². The highest BCUT2D eigenvalue weighted by Crippen LogP contribution is 2.31. The summed E-state index contributed by atoms with van der Waals surface area (Å²) in [5, 5.41) is 10.4. The van der Waals surface area contributed by atoms with Gasteiger partial charge in [0.15, 0.2) is 0 Å². The first-order chi connectivity index (χ1) is 15.3. The summed E-state index contributed by atoms with van der Waals surface area (Å²) in [6.45, 7) is 6.68. The van der Waals surface area contributed by atoms with E-state index >= 15 is 0 Å². The van der Waals surface area contributed by atoms with Crippen LogP contribution in [-0.2, 0) is 6.54 Å². The van der Waals surface area contributed by atoms with Crippen LogP contribution < -0.4 is 4.74 Å². The molecule has 0 radical (unpaired) electrons. The van der Waals surface area contributed by atoms with Gasteiger partial charge in [-0.15, -0.1) is 0 Å². The Bertz CT molecular complexity index is 941. The third-order valence-corrected chi connectivity index (χ3v) is 6.71. The van der Waals surface area contributed by atoms with Gasteiger partial charge in [-0.1, -0.05) is 0 Å². The molecule has 176 valence electrons. The molecule has 0 unspecified atom stereocenters. The average Bonchev–Trinajstić information content (AvgIpc) is 3.11. The summed E-state index contributed by atoms with van der Waals surface area (Å²) < 4.78 is 35.0. The molecule has 1 aromatic heterocycles. The van der Waals surface area contributed by atoms with Gasteiger partial charge in [-0.2, -0.15) is 0 Å². The van der Waals surface area contributed by atoms with Crippen molar-refractivity contribution in [2.75, 3.05) is 32.8 Å². The molecular weight excluding hydrogens is 416 g/mol. The molecule has 0 bridgehead atoms. The smallest absolute Gasteiger partial charge is 0.270 e. The number of carbonyl (C=O) groups excluding carboxylic acids is 1. The summed E-state index contributed by atoms with van der Waals surface area (Å²) in [6, 6.07) is 8.07. The standard InChI is InChI=1S/C24H33F2N3O3/c1-17(2)27-9-5-19(6-10-27)32-20-3-4-21-18(15-20)16-22(29(21)13-14-30)23(31)28-11-7-24(25,26)8-12-28/h3-4,15-17,19,30H,5-14H2,1-2H3. The van der Waals surface area contributed by atoms with Crippen molar-refractivity contribution in [3.05, 3.63) is 30.0 Å². The van der Waals surface area contributed by atoms with Crippen molar-refractivity contribution in [3.8, 4) is 5.75 Å². The van der Waals surface area contributed by atoms with Gasteiger partial charge in [0.25, 0.3) is 11.8 Å². The molecule has 1 aromatic carbocycles. The number of carbonyl (C=O) groups is 1. The van der Waals surface area contributed by atoms with Crippen LogP contribution in [0.1, 0.15) is 50.0 Å². The molecule has 0 spiro atoms. The van der Waals surface area contributed by atoms with Gasteiger partial charge < -0.3 is 24.2 Å². The second kappa shape index (κ2) is 9.35. The molecule has 0 saturated carbocycles. The minimum atomic E-state index is -2.70. The average molecular weight is 450 g/mol. The Hall–Kier alpha value is -2.19. The number of rotatable bonds is 6. The van der Waals surface area contributed by atoms with Gasteiger partial charge in [-0.3, -0.25) is 4.79 Å². The second-order valence-corrected chi connectivity index (χ2v) is 9.22. The predicted molar refractivity (Wildman–Crippen MR) is 119 cm³/mol. The molecule has 3 heterocycles. The van der Waals surface area contributed by atoms with Gasteiger partial charge in [0.05, 0.1) is 6.61 Å². The lowest BCUT2D eigenvalue weighted by Crippen LogP contribution is -2.43. The number of nitrogens with zero attached hydrogens (tertiary/aromatic N) is 3. The van der Waals surface area contributed by atoms with Crippen LogP contribution in [0.15, 0.2) is 24.3 Å².